The standard InChI is InChI=1S/C18H15N7/c1-11-5-12(9-20-8-11)14-6-16(22-15-3-4-25(2)24-15)23-18-17(14)13(7-19)10-21-18/h3-6,8-10H,1-2H3,(H2,21,22,23,24). The van der Waals surface area contributed by atoms with E-state index in [0.717, 1.165) is 22.1 Å². The number of H-pyrrole nitrogens is 1. The van der Waals surface area contributed by atoms with Crippen molar-refractivity contribution < 1.29 is 0 Å². The maximum absolute atomic E-state index is 9.42. The largest absolute Gasteiger partial charge is 0.345 e. The molecule has 122 valence electrons. The van der Waals surface area contributed by atoms with Crippen molar-refractivity contribution in [2.24, 2.45) is 7.05 Å². The van der Waals surface area contributed by atoms with Gasteiger partial charge < -0.3 is 10.3 Å². The van der Waals surface area contributed by atoms with E-state index in [-0.39, 0.29) is 0 Å². The van der Waals surface area contributed by atoms with Crippen LogP contribution in [0.2, 0.25) is 0 Å². The lowest BCUT2D eigenvalue weighted by atomic mass is 10.0. The van der Waals surface area contributed by atoms with Gasteiger partial charge in [-0.05, 0) is 30.2 Å². The monoisotopic (exact) mass is 329 g/mol. The molecule has 0 bridgehead atoms. The molecule has 4 heterocycles. The van der Waals surface area contributed by atoms with Crippen LogP contribution in [0, 0.1) is 18.3 Å². The van der Waals surface area contributed by atoms with Crippen molar-refractivity contribution in [3.05, 3.63) is 54.1 Å². The van der Waals surface area contributed by atoms with E-state index < -0.39 is 0 Å². The van der Waals surface area contributed by atoms with E-state index in [9.17, 15) is 5.26 Å². The number of aromatic amines is 1. The smallest absolute Gasteiger partial charge is 0.153 e. The number of hydrogen-bond acceptors (Lipinski definition) is 5. The molecule has 0 aliphatic heterocycles. The van der Waals surface area contributed by atoms with Gasteiger partial charge in [0.25, 0.3) is 0 Å². The van der Waals surface area contributed by atoms with Crippen molar-refractivity contribution in [1.82, 2.24) is 24.7 Å². The van der Waals surface area contributed by atoms with Gasteiger partial charge in [-0.15, -0.1) is 0 Å². The highest BCUT2D eigenvalue weighted by atomic mass is 15.3. The summed E-state index contributed by atoms with van der Waals surface area (Å²) < 4.78 is 1.72. The molecular formula is C18H15N7. The van der Waals surface area contributed by atoms with E-state index in [4.69, 9.17) is 0 Å². The third-order valence-electron chi connectivity index (χ3n) is 3.92. The topological polar surface area (TPSA) is 95.2 Å². The van der Waals surface area contributed by atoms with Crippen LogP contribution in [0.4, 0.5) is 11.6 Å². The summed E-state index contributed by atoms with van der Waals surface area (Å²) in [5.74, 6) is 1.35. The predicted molar refractivity (Wildman–Crippen MR) is 95.3 cm³/mol. The number of hydrogen-bond donors (Lipinski definition) is 2. The zero-order chi connectivity index (χ0) is 17.4. The summed E-state index contributed by atoms with van der Waals surface area (Å²) >= 11 is 0. The minimum absolute atomic E-state index is 0.559. The third kappa shape index (κ3) is 2.70. The Kier molecular flexibility index (Phi) is 3.43. The summed E-state index contributed by atoms with van der Waals surface area (Å²) in [6.45, 7) is 1.99. The lowest BCUT2D eigenvalue weighted by Crippen LogP contribution is -1.97. The molecule has 0 amide bonds. The molecule has 0 aromatic carbocycles. The maximum Gasteiger partial charge on any atom is 0.153 e. The molecule has 0 aliphatic carbocycles. The quantitative estimate of drug-likeness (QED) is 0.601. The predicted octanol–water partition coefficient (Wildman–Crippen LogP) is 3.28. The van der Waals surface area contributed by atoms with Crippen LogP contribution >= 0.6 is 0 Å². The van der Waals surface area contributed by atoms with E-state index >= 15 is 0 Å². The van der Waals surface area contributed by atoms with Crippen LogP contribution in [0.5, 0.6) is 0 Å². The van der Waals surface area contributed by atoms with Gasteiger partial charge in [-0.1, -0.05) is 0 Å². The Bertz CT molecular complexity index is 1110. The van der Waals surface area contributed by atoms with E-state index in [1.54, 1.807) is 23.3 Å². The average molecular weight is 329 g/mol. The fourth-order valence-corrected chi connectivity index (χ4v) is 2.83. The van der Waals surface area contributed by atoms with Crippen LogP contribution in [-0.2, 0) is 7.05 Å². The summed E-state index contributed by atoms with van der Waals surface area (Å²) in [6, 6.07) is 8.05. The molecule has 0 fully saturated rings. The van der Waals surface area contributed by atoms with Gasteiger partial charge in [-0.25, -0.2) is 4.98 Å². The summed E-state index contributed by atoms with van der Waals surface area (Å²) in [6.07, 6.45) is 7.13. The van der Waals surface area contributed by atoms with Crippen molar-refractivity contribution in [1.29, 1.82) is 5.26 Å². The second-order valence-electron chi connectivity index (χ2n) is 5.84. The molecule has 7 nitrogen and oxygen atoms in total. The molecular weight excluding hydrogens is 314 g/mol. The fourth-order valence-electron chi connectivity index (χ4n) is 2.83. The highest BCUT2D eigenvalue weighted by Crippen LogP contribution is 2.32. The molecule has 0 spiro atoms. The summed E-state index contributed by atoms with van der Waals surface area (Å²) in [5.41, 5.74) is 4.10. The molecule has 4 aromatic heterocycles. The van der Waals surface area contributed by atoms with Crippen LogP contribution in [0.15, 0.2) is 43.0 Å². The molecule has 4 aromatic rings. The van der Waals surface area contributed by atoms with Crippen molar-refractivity contribution in [3.63, 3.8) is 0 Å². The molecule has 7 heteroatoms. The van der Waals surface area contributed by atoms with E-state index in [0.29, 0.717) is 22.8 Å². The summed E-state index contributed by atoms with van der Waals surface area (Å²) in [5, 5.41) is 17.7. The highest BCUT2D eigenvalue weighted by Gasteiger charge is 2.14. The van der Waals surface area contributed by atoms with Gasteiger partial charge >= 0.3 is 0 Å². The minimum Gasteiger partial charge on any atom is -0.345 e. The molecule has 0 unspecified atom stereocenters. The Morgan fingerprint density at radius 1 is 1.24 bits per heavy atom. The van der Waals surface area contributed by atoms with E-state index in [1.807, 2.05) is 38.4 Å². The van der Waals surface area contributed by atoms with Crippen LogP contribution < -0.4 is 5.32 Å². The number of nitriles is 1. The summed E-state index contributed by atoms with van der Waals surface area (Å²) in [4.78, 5) is 11.9. The lowest BCUT2D eigenvalue weighted by Gasteiger charge is -2.09. The lowest BCUT2D eigenvalue weighted by molar-refractivity contribution is 0.771. The maximum atomic E-state index is 9.42. The second kappa shape index (κ2) is 5.76. The number of nitrogens with one attached hydrogen (secondary N) is 2. The first-order valence-corrected chi connectivity index (χ1v) is 7.75. The van der Waals surface area contributed by atoms with Gasteiger partial charge in [0.1, 0.15) is 17.5 Å². The van der Waals surface area contributed by atoms with Crippen LogP contribution in [-0.4, -0.2) is 24.7 Å². The number of rotatable bonds is 3. The third-order valence-corrected chi connectivity index (χ3v) is 3.92. The van der Waals surface area contributed by atoms with Gasteiger partial charge in [0.05, 0.1) is 5.56 Å². The molecule has 0 atom stereocenters. The number of aromatic nitrogens is 5. The Morgan fingerprint density at radius 2 is 2.12 bits per heavy atom. The zero-order valence-electron chi connectivity index (χ0n) is 13.8. The number of aryl methyl sites for hydroxylation is 2. The first-order chi connectivity index (χ1) is 12.1. The minimum atomic E-state index is 0.559. The molecule has 25 heavy (non-hydrogen) atoms. The van der Waals surface area contributed by atoms with Crippen LogP contribution in [0.3, 0.4) is 0 Å². The van der Waals surface area contributed by atoms with Crippen LogP contribution in [0.1, 0.15) is 11.1 Å². The van der Waals surface area contributed by atoms with Crippen molar-refractivity contribution in [2.75, 3.05) is 5.32 Å². The molecule has 0 saturated carbocycles. The highest BCUT2D eigenvalue weighted by molar-refractivity contribution is 5.98. The number of fused-ring (bicyclic) bond motifs is 1. The van der Waals surface area contributed by atoms with Gasteiger partial charge in [-0.2, -0.15) is 10.4 Å². The normalized spacial score (nSPS) is 10.8. The molecule has 0 aliphatic rings. The van der Waals surface area contributed by atoms with Crippen molar-refractivity contribution in [2.45, 2.75) is 6.92 Å². The molecule has 0 saturated heterocycles. The Morgan fingerprint density at radius 3 is 2.84 bits per heavy atom. The van der Waals surface area contributed by atoms with Crippen LogP contribution in [0.25, 0.3) is 22.2 Å². The molecule has 4 rings (SSSR count). The van der Waals surface area contributed by atoms with E-state index in [1.165, 1.54) is 0 Å². The number of anilines is 2. The van der Waals surface area contributed by atoms with Gasteiger partial charge in [0, 0.05) is 48.9 Å². The zero-order valence-corrected chi connectivity index (χ0v) is 13.8. The van der Waals surface area contributed by atoms with Gasteiger partial charge in [0.15, 0.2) is 5.82 Å². The first-order valence-electron chi connectivity index (χ1n) is 7.75. The fraction of sp³-hybridized carbons (Fsp3) is 0.111. The van der Waals surface area contributed by atoms with Gasteiger partial charge in [0.2, 0.25) is 0 Å². The first kappa shape index (κ1) is 14.9. The van der Waals surface area contributed by atoms with Crippen molar-refractivity contribution >= 4 is 22.7 Å². The Hall–Kier alpha value is -3.66. The molecule has 0 radical (unpaired) electrons. The number of nitrogens with zero attached hydrogens (tertiary/aromatic N) is 5. The number of pyridine rings is 2. The Balaban J connectivity index is 1.91. The van der Waals surface area contributed by atoms with E-state index in [2.05, 4.69) is 31.4 Å². The second-order valence-corrected chi connectivity index (χ2v) is 5.84. The summed E-state index contributed by atoms with van der Waals surface area (Å²) in [7, 11) is 1.86. The molecule has 2 N–H and O–H groups in total. The average Bonchev–Trinajstić information content (AvgIpc) is 3.20. The SMILES string of the molecule is Cc1cncc(-c2cc(Nc3ccn(C)n3)nc3[nH]cc(C#N)c23)c1. The van der Waals surface area contributed by atoms with Gasteiger partial charge in [-0.3, -0.25) is 9.67 Å². The Labute approximate surface area is 144 Å². The van der Waals surface area contributed by atoms with Crippen molar-refractivity contribution in [3.8, 4) is 17.2 Å².